The van der Waals surface area contributed by atoms with Gasteiger partial charge in [-0.15, -0.1) is 0 Å². The van der Waals surface area contributed by atoms with E-state index in [2.05, 4.69) is 81.5 Å². The third kappa shape index (κ3) is 47.2. The molecule has 0 aromatic heterocycles. The van der Waals surface area contributed by atoms with Crippen LogP contribution in [0.1, 0.15) is 213 Å². The molecule has 61 heavy (non-hydrogen) atoms. The molecule has 0 fully saturated rings. The Bertz CT molecular complexity index is 1250. The molecule has 0 saturated carbocycles. The van der Waals surface area contributed by atoms with Crippen molar-refractivity contribution >= 4 is 17.9 Å². The summed E-state index contributed by atoms with van der Waals surface area (Å²) in [6, 6.07) is 0. The second kappa shape index (κ2) is 49.0. The van der Waals surface area contributed by atoms with Gasteiger partial charge in [0.2, 0.25) is 0 Å². The van der Waals surface area contributed by atoms with E-state index >= 15 is 0 Å². The predicted octanol–water partition coefficient (Wildman–Crippen LogP) is 16.2. The van der Waals surface area contributed by atoms with Crippen molar-refractivity contribution in [2.75, 3.05) is 13.2 Å². The van der Waals surface area contributed by atoms with Crippen molar-refractivity contribution in [2.45, 2.75) is 219 Å². The van der Waals surface area contributed by atoms with E-state index in [-0.39, 0.29) is 44.0 Å². The average Bonchev–Trinajstić information content (AvgIpc) is 3.26. The number of rotatable bonds is 43. The number of allylic oxidation sites excluding steroid dienone is 16. The second-order valence-corrected chi connectivity index (χ2v) is 16.0. The van der Waals surface area contributed by atoms with Gasteiger partial charge in [0, 0.05) is 19.3 Å². The molecule has 0 heterocycles. The zero-order chi connectivity index (χ0) is 44.4. The van der Waals surface area contributed by atoms with Gasteiger partial charge in [-0.2, -0.15) is 0 Å². The van der Waals surface area contributed by atoms with E-state index in [1.54, 1.807) is 0 Å². The Labute approximate surface area is 375 Å². The number of ether oxygens (including phenoxy) is 3. The number of hydrogen-bond acceptors (Lipinski definition) is 6. The van der Waals surface area contributed by atoms with Crippen molar-refractivity contribution in [1.82, 2.24) is 0 Å². The Kier molecular flexibility index (Phi) is 46.0. The van der Waals surface area contributed by atoms with Gasteiger partial charge in [-0.05, 0) is 89.9 Å². The van der Waals surface area contributed by atoms with Crippen molar-refractivity contribution in [3.8, 4) is 0 Å². The first-order chi connectivity index (χ1) is 30.0. The van der Waals surface area contributed by atoms with E-state index in [4.69, 9.17) is 14.2 Å². The van der Waals surface area contributed by atoms with Gasteiger partial charge in [0.1, 0.15) is 13.2 Å². The summed E-state index contributed by atoms with van der Waals surface area (Å²) in [4.78, 5) is 37.8. The van der Waals surface area contributed by atoms with Crippen molar-refractivity contribution in [3.63, 3.8) is 0 Å². The monoisotopic (exact) mass is 847 g/mol. The number of carbonyl (C=O) groups excluding carboxylic acids is 3. The molecular formula is C55H90O6. The normalized spacial score (nSPS) is 12.9. The Morgan fingerprint density at radius 2 is 0.738 bits per heavy atom. The fraction of sp³-hybridized carbons (Fsp3) is 0.655. The fourth-order valence-corrected chi connectivity index (χ4v) is 6.47. The summed E-state index contributed by atoms with van der Waals surface area (Å²) >= 11 is 0. The SMILES string of the molecule is CC\C=C/C=C\C=C/C=C\CCCCCC(=O)OC(COC(=O)CCC/C=C\C/C=C\C/C=C\CC)COC(=O)CCCCCCCCC/C=C\CCCCCCCCCC. The lowest BCUT2D eigenvalue weighted by molar-refractivity contribution is -0.167. The van der Waals surface area contributed by atoms with Gasteiger partial charge >= 0.3 is 17.9 Å². The smallest absolute Gasteiger partial charge is 0.306 e. The maximum atomic E-state index is 12.7. The molecule has 0 amide bonds. The van der Waals surface area contributed by atoms with E-state index in [1.807, 2.05) is 36.5 Å². The van der Waals surface area contributed by atoms with Crippen LogP contribution in [-0.4, -0.2) is 37.2 Å². The number of hydrogen-bond donors (Lipinski definition) is 0. The van der Waals surface area contributed by atoms with Crippen LogP contribution in [0, 0.1) is 0 Å². The van der Waals surface area contributed by atoms with Crippen molar-refractivity contribution in [2.24, 2.45) is 0 Å². The summed E-state index contributed by atoms with van der Waals surface area (Å²) in [7, 11) is 0. The summed E-state index contributed by atoms with van der Waals surface area (Å²) in [5.74, 6) is -1.02. The van der Waals surface area contributed by atoms with Crippen LogP contribution >= 0.6 is 0 Å². The van der Waals surface area contributed by atoms with Crippen LogP contribution in [0.25, 0.3) is 0 Å². The molecule has 6 heteroatoms. The van der Waals surface area contributed by atoms with Crippen LogP contribution < -0.4 is 0 Å². The van der Waals surface area contributed by atoms with Gasteiger partial charge in [0.25, 0.3) is 0 Å². The van der Waals surface area contributed by atoms with Crippen LogP contribution in [-0.2, 0) is 28.6 Å². The summed E-state index contributed by atoms with van der Waals surface area (Å²) < 4.78 is 16.7. The standard InChI is InChI=1S/C55H90O6/c1-4-7-10-13-16-19-22-24-25-26-27-28-29-31-33-36-39-42-45-48-54(57)60-51-52(50-59-53(56)47-44-41-38-35-32-21-18-15-12-9-6-3)61-55(58)49-46-43-40-37-34-30-23-20-17-14-11-8-5-2/h8-9,11-12,14,17-18,20-21,23,26-27,30,34-35,38,52H,4-7,10,13,15-16,19,22,24-25,28-29,31-33,36-37,39-51H2,1-3H3/b11-8-,12-9-,17-14-,21-18-,23-20-,27-26-,34-30-,38-35-. The third-order valence-corrected chi connectivity index (χ3v) is 10.1. The zero-order valence-corrected chi connectivity index (χ0v) is 39.4. The van der Waals surface area contributed by atoms with Crippen LogP contribution in [0.15, 0.2) is 97.2 Å². The molecule has 1 atom stereocenters. The molecule has 0 saturated heterocycles. The van der Waals surface area contributed by atoms with Crippen LogP contribution in [0.2, 0.25) is 0 Å². The molecule has 0 aliphatic heterocycles. The average molecular weight is 847 g/mol. The van der Waals surface area contributed by atoms with Crippen molar-refractivity contribution in [1.29, 1.82) is 0 Å². The number of carbonyl (C=O) groups is 3. The van der Waals surface area contributed by atoms with Crippen LogP contribution in [0.5, 0.6) is 0 Å². The number of esters is 3. The minimum Gasteiger partial charge on any atom is -0.462 e. The minimum atomic E-state index is -0.819. The second-order valence-electron chi connectivity index (χ2n) is 16.0. The lowest BCUT2D eigenvalue weighted by atomic mass is 10.1. The van der Waals surface area contributed by atoms with Crippen LogP contribution in [0.3, 0.4) is 0 Å². The molecule has 1 unspecified atom stereocenters. The molecule has 346 valence electrons. The molecular weight excluding hydrogens is 757 g/mol. The summed E-state index contributed by atoms with van der Waals surface area (Å²) in [6.07, 6.45) is 64.1. The summed E-state index contributed by atoms with van der Waals surface area (Å²) in [6.45, 7) is 6.28. The molecule has 0 aromatic carbocycles. The summed E-state index contributed by atoms with van der Waals surface area (Å²) in [5, 5.41) is 0. The van der Waals surface area contributed by atoms with Gasteiger partial charge in [-0.3, -0.25) is 14.4 Å². The van der Waals surface area contributed by atoms with E-state index in [9.17, 15) is 14.4 Å². The Balaban J connectivity index is 4.44. The zero-order valence-electron chi connectivity index (χ0n) is 39.4. The Morgan fingerprint density at radius 1 is 0.361 bits per heavy atom. The first-order valence-corrected chi connectivity index (χ1v) is 24.8. The van der Waals surface area contributed by atoms with E-state index in [0.717, 1.165) is 70.6 Å². The topological polar surface area (TPSA) is 78.9 Å². The van der Waals surface area contributed by atoms with E-state index < -0.39 is 6.10 Å². The third-order valence-electron chi connectivity index (χ3n) is 10.1. The van der Waals surface area contributed by atoms with E-state index in [0.29, 0.717) is 19.3 Å². The highest BCUT2D eigenvalue weighted by atomic mass is 16.6. The molecule has 0 N–H and O–H groups in total. The maximum absolute atomic E-state index is 12.7. The molecule has 0 spiro atoms. The highest BCUT2D eigenvalue weighted by molar-refractivity contribution is 5.71. The fourth-order valence-electron chi connectivity index (χ4n) is 6.47. The minimum absolute atomic E-state index is 0.113. The molecule has 0 radical (unpaired) electrons. The largest absolute Gasteiger partial charge is 0.462 e. The van der Waals surface area contributed by atoms with Gasteiger partial charge in [-0.1, -0.05) is 201 Å². The quantitative estimate of drug-likeness (QED) is 0.0200. The van der Waals surface area contributed by atoms with Gasteiger partial charge in [-0.25, -0.2) is 0 Å². The molecule has 0 bridgehead atoms. The molecule has 0 aliphatic rings. The van der Waals surface area contributed by atoms with Crippen molar-refractivity contribution < 1.29 is 28.6 Å². The highest BCUT2D eigenvalue weighted by Gasteiger charge is 2.19. The molecule has 0 aromatic rings. The molecule has 0 aliphatic carbocycles. The molecule has 6 nitrogen and oxygen atoms in total. The Hall–Kier alpha value is -3.67. The van der Waals surface area contributed by atoms with Gasteiger partial charge < -0.3 is 14.2 Å². The van der Waals surface area contributed by atoms with Crippen molar-refractivity contribution in [3.05, 3.63) is 97.2 Å². The van der Waals surface area contributed by atoms with Gasteiger partial charge in [0.05, 0.1) is 0 Å². The maximum Gasteiger partial charge on any atom is 0.306 e. The van der Waals surface area contributed by atoms with E-state index in [1.165, 1.54) is 89.9 Å². The van der Waals surface area contributed by atoms with Crippen LogP contribution in [0.4, 0.5) is 0 Å². The lowest BCUT2D eigenvalue weighted by Gasteiger charge is -2.18. The Morgan fingerprint density at radius 3 is 1.30 bits per heavy atom. The first kappa shape index (κ1) is 57.3. The first-order valence-electron chi connectivity index (χ1n) is 24.8. The number of unbranched alkanes of at least 4 members (excludes halogenated alkanes) is 19. The lowest BCUT2D eigenvalue weighted by Crippen LogP contribution is -2.30. The molecule has 0 rings (SSSR count). The predicted molar refractivity (Wildman–Crippen MR) is 260 cm³/mol. The summed E-state index contributed by atoms with van der Waals surface area (Å²) in [5.41, 5.74) is 0. The van der Waals surface area contributed by atoms with Gasteiger partial charge in [0.15, 0.2) is 6.10 Å². The highest BCUT2D eigenvalue weighted by Crippen LogP contribution is 2.13.